The fraction of sp³-hybridized carbons (Fsp3) is 0.377. The van der Waals surface area contributed by atoms with Gasteiger partial charge in [-0.2, -0.15) is 0 Å². The average Bonchev–Trinajstić information content (AvgIpc) is 3.33. The van der Waals surface area contributed by atoms with Crippen molar-refractivity contribution >= 4 is 29.8 Å². The first kappa shape index (κ1) is 52.7. The molecule has 0 radical (unpaired) electrons. The standard InChI is InChI=1S/C53H65N3O11/c1-36(2)17-11-7-9-13-21-49(58)55-34-40-25-28-46(48(32-40)64-6)66-52(61)43-30-38(23-26-44(43)67-53(62)54-4)29-37(3)18-12-8-10-14-22-50(59)56-33-39-24-27-45(47(31-39)63-5)65-51(60)42-20-16-15-19-41(42)35-57/h11-12,15-20,23-28,30-32,36-37,57H,7-10,13-14,21-22,29,33-35H2,1-6H3,(H,54,62)(H,55,58)(H,56,59)/b17-11+,18-12+. The minimum Gasteiger partial charge on any atom is -0.493 e. The van der Waals surface area contributed by atoms with Crippen molar-refractivity contribution in [2.75, 3.05) is 21.3 Å². The smallest absolute Gasteiger partial charge is 0.412 e. The number of benzene rings is 4. The van der Waals surface area contributed by atoms with Crippen molar-refractivity contribution in [3.8, 4) is 28.7 Å². The number of rotatable bonds is 26. The number of nitrogens with one attached hydrogen (secondary N) is 3. The Labute approximate surface area is 394 Å². The second-order valence-corrected chi connectivity index (χ2v) is 16.4. The minimum atomic E-state index is -0.742. The molecule has 3 amide bonds. The lowest BCUT2D eigenvalue weighted by Crippen LogP contribution is -2.23. The number of aliphatic hydroxyl groups excluding tert-OH is 1. The fourth-order valence-electron chi connectivity index (χ4n) is 6.89. The number of hydrogen-bond acceptors (Lipinski definition) is 11. The van der Waals surface area contributed by atoms with Crippen LogP contribution in [0.4, 0.5) is 4.79 Å². The molecule has 67 heavy (non-hydrogen) atoms. The number of allylic oxidation sites excluding steroid dienone is 4. The van der Waals surface area contributed by atoms with Crippen LogP contribution in [-0.2, 0) is 35.7 Å². The average molecular weight is 920 g/mol. The lowest BCUT2D eigenvalue weighted by atomic mass is 9.98. The van der Waals surface area contributed by atoms with Crippen molar-refractivity contribution in [3.63, 3.8) is 0 Å². The predicted octanol–water partition coefficient (Wildman–Crippen LogP) is 9.35. The molecule has 4 rings (SSSR count). The predicted molar refractivity (Wildman–Crippen MR) is 256 cm³/mol. The van der Waals surface area contributed by atoms with E-state index in [9.17, 15) is 29.1 Å². The third-order valence-electron chi connectivity index (χ3n) is 10.5. The second-order valence-electron chi connectivity index (χ2n) is 16.4. The highest BCUT2D eigenvalue weighted by Gasteiger charge is 2.21. The van der Waals surface area contributed by atoms with Gasteiger partial charge in [-0.1, -0.05) is 81.5 Å². The molecule has 0 saturated heterocycles. The van der Waals surface area contributed by atoms with Crippen LogP contribution in [0.25, 0.3) is 0 Å². The maximum absolute atomic E-state index is 13.7. The summed E-state index contributed by atoms with van der Waals surface area (Å²) in [6, 6.07) is 21.8. The zero-order valence-electron chi connectivity index (χ0n) is 39.5. The molecule has 14 heteroatoms. The van der Waals surface area contributed by atoms with E-state index >= 15 is 0 Å². The van der Waals surface area contributed by atoms with Crippen LogP contribution in [-0.4, -0.2) is 56.2 Å². The molecule has 358 valence electrons. The van der Waals surface area contributed by atoms with E-state index in [0.717, 1.165) is 48.8 Å². The Hall–Kier alpha value is -6.93. The number of carbonyl (C=O) groups excluding carboxylic acids is 5. The molecule has 0 aliphatic rings. The Morgan fingerprint density at radius 3 is 1.66 bits per heavy atom. The van der Waals surface area contributed by atoms with Crippen molar-refractivity contribution in [2.45, 2.75) is 98.3 Å². The molecule has 0 heterocycles. The number of methoxy groups -OCH3 is 2. The van der Waals surface area contributed by atoms with Crippen molar-refractivity contribution in [3.05, 3.63) is 137 Å². The fourth-order valence-corrected chi connectivity index (χ4v) is 6.89. The van der Waals surface area contributed by atoms with Crippen molar-refractivity contribution in [2.24, 2.45) is 11.8 Å². The van der Waals surface area contributed by atoms with E-state index in [4.69, 9.17) is 23.7 Å². The summed E-state index contributed by atoms with van der Waals surface area (Å²) in [5.74, 6) is 0.184. The molecule has 0 fully saturated rings. The lowest BCUT2D eigenvalue weighted by Gasteiger charge is -2.15. The van der Waals surface area contributed by atoms with E-state index in [1.54, 1.807) is 78.9 Å². The first-order chi connectivity index (χ1) is 32.3. The van der Waals surface area contributed by atoms with Crippen LogP contribution < -0.4 is 39.6 Å². The van der Waals surface area contributed by atoms with Crippen LogP contribution in [0, 0.1) is 11.8 Å². The zero-order chi connectivity index (χ0) is 48.6. The van der Waals surface area contributed by atoms with Gasteiger partial charge in [-0.3, -0.25) is 9.59 Å². The van der Waals surface area contributed by atoms with Crippen molar-refractivity contribution in [1.29, 1.82) is 0 Å². The number of aliphatic hydroxyl groups is 1. The van der Waals surface area contributed by atoms with Gasteiger partial charge >= 0.3 is 18.0 Å². The number of esters is 2. The van der Waals surface area contributed by atoms with Gasteiger partial charge in [-0.25, -0.2) is 14.4 Å². The Morgan fingerprint density at radius 2 is 1.12 bits per heavy atom. The highest BCUT2D eigenvalue weighted by molar-refractivity contribution is 5.95. The summed E-state index contributed by atoms with van der Waals surface area (Å²) in [5, 5.41) is 17.8. The van der Waals surface area contributed by atoms with E-state index in [0.29, 0.717) is 48.7 Å². The van der Waals surface area contributed by atoms with E-state index < -0.39 is 18.0 Å². The normalized spacial score (nSPS) is 11.6. The number of hydrogen-bond donors (Lipinski definition) is 4. The molecule has 0 aliphatic carbocycles. The second kappa shape index (κ2) is 28.2. The van der Waals surface area contributed by atoms with Gasteiger partial charge in [-0.05, 0) is 121 Å². The summed E-state index contributed by atoms with van der Waals surface area (Å²) in [5.41, 5.74) is 3.14. The van der Waals surface area contributed by atoms with Gasteiger partial charge in [0.15, 0.2) is 23.0 Å². The summed E-state index contributed by atoms with van der Waals surface area (Å²) in [4.78, 5) is 63.7. The molecule has 0 saturated carbocycles. The van der Waals surface area contributed by atoms with E-state index in [-0.39, 0.29) is 65.8 Å². The van der Waals surface area contributed by atoms with Crippen molar-refractivity contribution < 1.29 is 52.8 Å². The van der Waals surface area contributed by atoms with Gasteiger partial charge in [0, 0.05) is 33.0 Å². The maximum Gasteiger partial charge on any atom is 0.412 e. The largest absolute Gasteiger partial charge is 0.493 e. The highest BCUT2D eigenvalue weighted by Crippen LogP contribution is 2.32. The SMILES string of the molecule is CNC(=O)Oc1ccc(CC(C)/C=C/CCCCC(=O)NCc2ccc(OC(=O)c3ccccc3CO)c(OC)c2)cc1C(=O)Oc1ccc(CNC(=O)CCCC/C=C/C(C)C)cc1OC. The number of unbranched alkanes of at least 4 members (excludes halogenated alkanes) is 4. The van der Waals surface area contributed by atoms with Crippen LogP contribution in [0.2, 0.25) is 0 Å². The summed E-state index contributed by atoms with van der Waals surface area (Å²) in [6.07, 6.45) is 14.1. The van der Waals surface area contributed by atoms with E-state index in [1.807, 2.05) is 0 Å². The molecular formula is C53H65N3O11. The molecule has 1 unspecified atom stereocenters. The number of amides is 3. The third kappa shape index (κ3) is 18.1. The molecule has 0 bridgehead atoms. The molecule has 14 nitrogen and oxygen atoms in total. The van der Waals surface area contributed by atoms with Crippen LogP contribution in [0.3, 0.4) is 0 Å². The topological polar surface area (TPSA) is 188 Å². The summed E-state index contributed by atoms with van der Waals surface area (Å²) < 4.78 is 27.7. The van der Waals surface area contributed by atoms with E-state index in [2.05, 4.69) is 61.0 Å². The summed E-state index contributed by atoms with van der Waals surface area (Å²) in [6.45, 7) is 6.58. The van der Waals surface area contributed by atoms with Crippen molar-refractivity contribution in [1.82, 2.24) is 16.0 Å². The Morgan fingerprint density at radius 1 is 0.597 bits per heavy atom. The molecule has 0 aliphatic heterocycles. The quantitative estimate of drug-likeness (QED) is 0.0203. The minimum absolute atomic E-state index is 0.0348. The van der Waals surface area contributed by atoms with Gasteiger partial charge in [0.25, 0.3) is 0 Å². The molecule has 4 aromatic rings. The zero-order valence-corrected chi connectivity index (χ0v) is 39.5. The van der Waals surface area contributed by atoms with Crippen LogP contribution in [0.5, 0.6) is 28.7 Å². The summed E-state index contributed by atoms with van der Waals surface area (Å²) >= 11 is 0. The number of ether oxygens (including phenoxy) is 5. The molecule has 4 aromatic carbocycles. The van der Waals surface area contributed by atoms with E-state index in [1.165, 1.54) is 21.3 Å². The van der Waals surface area contributed by atoms with Gasteiger partial charge in [0.1, 0.15) is 11.3 Å². The third-order valence-corrected chi connectivity index (χ3v) is 10.5. The Kier molecular flexibility index (Phi) is 22.2. The Bertz CT molecular complexity index is 2340. The first-order valence-corrected chi connectivity index (χ1v) is 22.7. The van der Waals surface area contributed by atoms with Crippen LogP contribution in [0.1, 0.15) is 115 Å². The van der Waals surface area contributed by atoms with Crippen LogP contribution in [0.15, 0.2) is 103 Å². The molecule has 4 N–H and O–H groups in total. The molecule has 1 atom stereocenters. The first-order valence-electron chi connectivity index (χ1n) is 22.7. The Balaban J connectivity index is 1.24. The van der Waals surface area contributed by atoms with Gasteiger partial charge in [0.05, 0.1) is 26.4 Å². The van der Waals surface area contributed by atoms with Crippen LogP contribution >= 0.6 is 0 Å². The number of carbonyl (C=O) groups is 5. The monoisotopic (exact) mass is 919 g/mol. The van der Waals surface area contributed by atoms with Gasteiger partial charge in [0.2, 0.25) is 11.8 Å². The van der Waals surface area contributed by atoms with Gasteiger partial charge in [-0.15, -0.1) is 0 Å². The summed E-state index contributed by atoms with van der Waals surface area (Å²) in [7, 11) is 4.35. The molecular weight excluding hydrogens is 855 g/mol. The van der Waals surface area contributed by atoms with Gasteiger partial charge < -0.3 is 44.7 Å². The lowest BCUT2D eigenvalue weighted by molar-refractivity contribution is -0.122. The highest BCUT2D eigenvalue weighted by atomic mass is 16.6. The molecule has 0 spiro atoms. The molecule has 0 aromatic heterocycles. The maximum atomic E-state index is 13.7.